The molecule has 0 aliphatic carbocycles. The van der Waals surface area contributed by atoms with Gasteiger partial charge in [-0.25, -0.2) is 0 Å². The van der Waals surface area contributed by atoms with Crippen LogP contribution >= 0.6 is 0 Å². The molecule has 0 aliphatic rings. The van der Waals surface area contributed by atoms with Crippen molar-refractivity contribution >= 4 is 0 Å². The molecule has 2 nitrogen and oxygen atoms in total. The largest absolute Gasteiger partial charge is 0.508 e. The summed E-state index contributed by atoms with van der Waals surface area (Å²) in [6.45, 7) is 4.82. The zero-order chi connectivity index (χ0) is 10.4. The molecule has 0 fully saturated rings. The third-order valence-electron chi connectivity index (χ3n) is 1.78. The average Bonchev–Trinajstić information content (AvgIpc) is 2.15. The smallest absolute Gasteiger partial charge is 0.119 e. The molecule has 0 amide bonds. The molecule has 76 valence electrons. The van der Waals surface area contributed by atoms with Gasteiger partial charge in [0.05, 0.1) is 6.61 Å². The molecule has 1 aromatic rings. The predicted octanol–water partition coefficient (Wildman–Crippen LogP) is 3.13. The zero-order valence-corrected chi connectivity index (χ0v) is 8.66. The van der Waals surface area contributed by atoms with Crippen molar-refractivity contribution in [1.29, 1.82) is 0 Å². The van der Waals surface area contributed by atoms with E-state index >= 15 is 0 Å². The van der Waals surface area contributed by atoms with Crippen LogP contribution in [-0.2, 0) is 0 Å². The van der Waals surface area contributed by atoms with Crippen molar-refractivity contribution in [2.45, 2.75) is 20.3 Å². The molecule has 0 bridgehead atoms. The van der Waals surface area contributed by atoms with Gasteiger partial charge in [-0.05, 0) is 44.5 Å². The maximum absolute atomic E-state index is 9.04. The van der Waals surface area contributed by atoms with Gasteiger partial charge in [0.1, 0.15) is 11.5 Å². The molecule has 0 aliphatic heterocycles. The van der Waals surface area contributed by atoms with Crippen molar-refractivity contribution in [1.82, 2.24) is 0 Å². The van der Waals surface area contributed by atoms with Crippen LogP contribution < -0.4 is 4.74 Å². The first-order chi connectivity index (χ1) is 6.68. The molecule has 1 N–H and O–H groups in total. The van der Waals surface area contributed by atoms with E-state index in [1.807, 2.05) is 0 Å². The Balaban J connectivity index is 2.32. The first-order valence-corrected chi connectivity index (χ1v) is 4.73. The minimum atomic E-state index is 0.265. The Morgan fingerprint density at radius 2 is 1.93 bits per heavy atom. The molecule has 0 spiro atoms. The fourth-order valence-electron chi connectivity index (χ4n) is 1.07. The van der Waals surface area contributed by atoms with Crippen LogP contribution in [0.5, 0.6) is 11.5 Å². The Morgan fingerprint density at radius 3 is 2.50 bits per heavy atom. The van der Waals surface area contributed by atoms with Gasteiger partial charge in [-0.15, -0.1) is 0 Å². The van der Waals surface area contributed by atoms with E-state index in [0.29, 0.717) is 6.61 Å². The van der Waals surface area contributed by atoms with Crippen LogP contribution in [0.3, 0.4) is 0 Å². The first-order valence-electron chi connectivity index (χ1n) is 4.73. The number of benzene rings is 1. The zero-order valence-electron chi connectivity index (χ0n) is 8.66. The Hall–Kier alpha value is -1.44. The van der Waals surface area contributed by atoms with Gasteiger partial charge >= 0.3 is 0 Å². The minimum absolute atomic E-state index is 0.265. The summed E-state index contributed by atoms with van der Waals surface area (Å²) < 4.78 is 5.46. The molecular formula is C12H16O2. The number of hydrogen-bond donors (Lipinski definition) is 1. The van der Waals surface area contributed by atoms with Crippen LogP contribution in [-0.4, -0.2) is 11.7 Å². The summed E-state index contributed by atoms with van der Waals surface area (Å²) in [5, 5.41) is 9.04. The summed E-state index contributed by atoms with van der Waals surface area (Å²) in [5.41, 5.74) is 1.30. The molecule has 0 aromatic heterocycles. The lowest BCUT2D eigenvalue weighted by atomic mass is 10.3. The molecule has 1 aromatic carbocycles. The van der Waals surface area contributed by atoms with Crippen LogP contribution in [0.15, 0.2) is 35.9 Å². The van der Waals surface area contributed by atoms with E-state index in [1.165, 1.54) is 5.57 Å². The Morgan fingerprint density at radius 1 is 1.29 bits per heavy atom. The van der Waals surface area contributed by atoms with E-state index in [2.05, 4.69) is 19.9 Å². The number of allylic oxidation sites excluding steroid dienone is 1. The van der Waals surface area contributed by atoms with Crippen molar-refractivity contribution in [3.8, 4) is 11.5 Å². The minimum Gasteiger partial charge on any atom is -0.508 e. The topological polar surface area (TPSA) is 29.5 Å². The number of hydrogen-bond acceptors (Lipinski definition) is 2. The Bertz CT molecular complexity index is 295. The van der Waals surface area contributed by atoms with Gasteiger partial charge in [0.15, 0.2) is 0 Å². The number of ether oxygens (including phenoxy) is 1. The Kier molecular flexibility index (Phi) is 4.05. The van der Waals surface area contributed by atoms with Crippen molar-refractivity contribution in [2.24, 2.45) is 0 Å². The van der Waals surface area contributed by atoms with Gasteiger partial charge < -0.3 is 9.84 Å². The van der Waals surface area contributed by atoms with Crippen molar-refractivity contribution < 1.29 is 9.84 Å². The van der Waals surface area contributed by atoms with Crippen LogP contribution in [0.2, 0.25) is 0 Å². The van der Waals surface area contributed by atoms with Crippen LogP contribution in [0.25, 0.3) is 0 Å². The SMILES string of the molecule is CC(C)=CCCOc1ccc(O)cc1. The first kappa shape index (κ1) is 10.6. The summed E-state index contributed by atoms with van der Waals surface area (Å²) in [7, 11) is 0. The van der Waals surface area contributed by atoms with Gasteiger partial charge in [-0.2, -0.15) is 0 Å². The highest BCUT2D eigenvalue weighted by Crippen LogP contribution is 2.15. The summed E-state index contributed by atoms with van der Waals surface area (Å²) >= 11 is 0. The van der Waals surface area contributed by atoms with E-state index in [4.69, 9.17) is 9.84 Å². The fourth-order valence-corrected chi connectivity index (χ4v) is 1.07. The summed E-state index contributed by atoms with van der Waals surface area (Å²) in [5.74, 6) is 1.06. The molecule has 0 saturated heterocycles. The van der Waals surface area contributed by atoms with E-state index in [0.717, 1.165) is 12.2 Å². The highest BCUT2D eigenvalue weighted by Gasteiger charge is 1.92. The van der Waals surface area contributed by atoms with Crippen molar-refractivity contribution in [3.63, 3.8) is 0 Å². The average molecular weight is 192 g/mol. The molecule has 0 atom stereocenters. The molecule has 1 rings (SSSR count). The van der Waals surface area contributed by atoms with E-state index in [9.17, 15) is 0 Å². The van der Waals surface area contributed by atoms with E-state index in [-0.39, 0.29) is 5.75 Å². The summed E-state index contributed by atoms with van der Waals surface area (Å²) in [4.78, 5) is 0. The lowest BCUT2D eigenvalue weighted by Gasteiger charge is -2.04. The quantitative estimate of drug-likeness (QED) is 0.586. The molecule has 0 heterocycles. The lowest BCUT2D eigenvalue weighted by molar-refractivity contribution is 0.324. The lowest BCUT2D eigenvalue weighted by Crippen LogP contribution is -1.95. The van der Waals surface area contributed by atoms with Gasteiger partial charge in [0.25, 0.3) is 0 Å². The second kappa shape index (κ2) is 5.32. The maximum Gasteiger partial charge on any atom is 0.119 e. The third kappa shape index (κ3) is 3.99. The molecule has 2 heteroatoms. The second-order valence-corrected chi connectivity index (χ2v) is 3.41. The van der Waals surface area contributed by atoms with Crippen LogP contribution in [0, 0.1) is 0 Å². The molecule has 14 heavy (non-hydrogen) atoms. The Labute approximate surface area is 84.8 Å². The predicted molar refractivity (Wildman–Crippen MR) is 57.6 cm³/mol. The number of phenolic OH excluding ortho intramolecular Hbond substituents is 1. The van der Waals surface area contributed by atoms with E-state index < -0.39 is 0 Å². The van der Waals surface area contributed by atoms with Gasteiger partial charge in [0, 0.05) is 0 Å². The third-order valence-corrected chi connectivity index (χ3v) is 1.78. The highest BCUT2D eigenvalue weighted by atomic mass is 16.5. The highest BCUT2D eigenvalue weighted by molar-refractivity contribution is 5.30. The molecule has 0 radical (unpaired) electrons. The van der Waals surface area contributed by atoms with Gasteiger partial charge in [-0.3, -0.25) is 0 Å². The summed E-state index contributed by atoms with van der Waals surface area (Å²) in [6, 6.07) is 6.77. The van der Waals surface area contributed by atoms with Crippen LogP contribution in [0.4, 0.5) is 0 Å². The normalized spacial score (nSPS) is 9.57. The number of phenols is 1. The molecular weight excluding hydrogens is 176 g/mol. The van der Waals surface area contributed by atoms with Crippen LogP contribution in [0.1, 0.15) is 20.3 Å². The van der Waals surface area contributed by atoms with E-state index in [1.54, 1.807) is 24.3 Å². The van der Waals surface area contributed by atoms with Crippen molar-refractivity contribution in [2.75, 3.05) is 6.61 Å². The second-order valence-electron chi connectivity index (χ2n) is 3.41. The maximum atomic E-state index is 9.04. The standard InChI is InChI=1S/C12H16O2/c1-10(2)4-3-9-14-12-7-5-11(13)6-8-12/h4-8,13H,3,9H2,1-2H3. The van der Waals surface area contributed by atoms with Gasteiger partial charge in [0.2, 0.25) is 0 Å². The summed E-state index contributed by atoms with van der Waals surface area (Å²) in [6.07, 6.45) is 3.06. The van der Waals surface area contributed by atoms with Gasteiger partial charge in [-0.1, -0.05) is 11.6 Å². The monoisotopic (exact) mass is 192 g/mol. The number of rotatable bonds is 4. The molecule has 0 saturated carbocycles. The number of aromatic hydroxyl groups is 1. The fraction of sp³-hybridized carbons (Fsp3) is 0.333. The molecule has 0 unspecified atom stereocenters. The van der Waals surface area contributed by atoms with Crippen molar-refractivity contribution in [3.05, 3.63) is 35.9 Å².